The molecule has 0 spiro atoms. The zero-order chi connectivity index (χ0) is 16.1. The number of amides is 1. The van der Waals surface area contributed by atoms with Gasteiger partial charge in [-0.2, -0.15) is 0 Å². The number of para-hydroxylation sites is 1. The number of rotatable bonds is 6. The van der Waals surface area contributed by atoms with E-state index in [1.54, 1.807) is 7.11 Å². The first-order valence-electron chi connectivity index (χ1n) is 7.71. The number of carbonyl (C=O) groups excluding carboxylic acids is 1. The van der Waals surface area contributed by atoms with E-state index in [1.165, 1.54) is 10.9 Å². The van der Waals surface area contributed by atoms with Crippen molar-refractivity contribution < 1.29 is 9.53 Å². The molecule has 0 saturated heterocycles. The molecule has 0 fully saturated rings. The lowest BCUT2D eigenvalue weighted by molar-refractivity contribution is -0.120. The van der Waals surface area contributed by atoms with Crippen LogP contribution in [0.1, 0.15) is 11.1 Å². The number of ether oxygens (including phenoxy) is 1. The number of aromatic nitrogens is 1. The minimum atomic E-state index is 0.0260. The lowest BCUT2D eigenvalue weighted by Gasteiger charge is -2.06. The topological polar surface area (TPSA) is 54.1 Å². The van der Waals surface area contributed by atoms with Gasteiger partial charge in [0.05, 0.1) is 13.5 Å². The van der Waals surface area contributed by atoms with E-state index in [0.29, 0.717) is 13.0 Å². The Kier molecular flexibility index (Phi) is 4.62. The maximum Gasteiger partial charge on any atom is 0.224 e. The maximum absolute atomic E-state index is 12.0. The molecule has 3 aromatic rings. The number of nitrogens with one attached hydrogen (secondary N) is 2. The van der Waals surface area contributed by atoms with Crippen LogP contribution in [0.15, 0.2) is 54.7 Å². The van der Waals surface area contributed by atoms with Crippen molar-refractivity contribution >= 4 is 16.8 Å². The highest BCUT2D eigenvalue weighted by molar-refractivity contribution is 5.83. The van der Waals surface area contributed by atoms with Crippen molar-refractivity contribution in [2.45, 2.75) is 12.8 Å². The fraction of sp³-hybridized carbons (Fsp3) is 0.211. The van der Waals surface area contributed by atoms with Gasteiger partial charge < -0.3 is 15.0 Å². The highest BCUT2D eigenvalue weighted by atomic mass is 16.5. The van der Waals surface area contributed by atoms with Crippen molar-refractivity contribution in [3.8, 4) is 5.75 Å². The first-order chi connectivity index (χ1) is 11.3. The van der Waals surface area contributed by atoms with Gasteiger partial charge in [0, 0.05) is 23.6 Å². The van der Waals surface area contributed by atoms with Gasteiger partial charge in [-0.3, -0.25) is 4.79 Å². The lowest BCUT2D eigenvalue weighted by Crippen LogP contribution is -2.27. The second-order valence-electron chi connectivity index (χ2n) is 5.49. The van der Waals surface area contributed by atoms with Crippen LogP contribution in [0.25, 0.3) is 10.9 Å². The molecule has 118 valence electrons. The quantitative estimate of drug-likeness (QED) is 0.735. The summed E-state index contributed by atoms with van der Waals surface area (Å²) in [6.45, 7) is 0.630. The number of aromatic amines is 1. The van der Waals surface area contributed by atoms with E-state index >= 15 is 0 Å². The second-order valence-corrected chi connectivity index (χ2v) is 5.49. The molecule has 2 N–H and O–H groups in total. The Morgan fingerprint density at radius 2 is 2.04 bits per heavy atom. The van der Waals surface area contributed by atoms with E-state index in [9.17, 15) is 4.79 Å². The van der Waals surface area contributed by atoms with Crippen LogP contribution in [0.4, 0.5) is 0 Å². The van der Waals surface area contributed by atoms with E-state index in [0.717, 1.165) is 23.3 Å². The molecule has 4 heteroatoms. The Balaban J connectivity index is 1.53. The predicted octanol–water partition coefficient (Wildman–Crippen LogP) is 3.08. The molecule has 2 aromatic carbocycles. The molecule has 0 atom stereocenters. The Morgan fingerprint density at radius 3 is 2.91 bits per heavy atom. The Labute approximate surface area is 135 Å². The standard InChI is InChI=1S/C19H20N2O2/c1-23-16-6-4-5-14(11-16)12-19(22)20-10-9-15-13-21-18-8-3-2-7-17(15)18/h2-8,11,13,21H,9-10,12H2,1H3,(H,20,22). The zero-order valence-corrected chi connectivity index (χ0v) is 13.1. The van der Waals surface area contributed by atoms with Gasteiger partial charge in [0.25, 0.3) is 0 Å². The first kappa shape index (κ1) is 15.2. The third kappa shape index (κ3) is 3.72. The van der Waals surface area contributed by atoms with Gasteiger partial charge in [0.1, 0.15) is 5.75 Å². The Morgan fingerprint density at radius 1 is 1.17 bits per heavy atom. The van der Waals surface area contributed by atoms with Crippen LogP contribution in [0.2, 0.25) is 0 Å². The monoisotopic (exact) mass is 308 g/mol. The maximum atomic E-state index is 12.0. The highest BCUT2D eigenvalue weighted by Crippen LogP contribution is 2.17. The number of benzene rings is 2. The van der Waals surface area contributed by atoms with Crippen molar-refractivity contribution in [2.24, 2.45) is 0 Å². The number of carbonyl (C=O) groups is 1. The number of fused-ring (bicyclic) bond motifs is 1. The van der Waals surface area contributed by atoms with Crippen LogP contribution in [0, 0.1) is 0 Å². The molecule has 1 aromatic heterocycles. The number of hydrogen-bond donors (Lipinski definition) is 2. The molecule has 1 heterocycles. The summed E-state index contributed by atoms with van der Waals surface area (Å²) in [5.74, 6) is 0.798. The lowest BCUT2D eigenvalue weighted by atomic mass is 10.1. The Bertz CT molecular complexity index is 808. The summed E-state index contributed by atoms with van der Waals surface area (Å²) in [6.07, 6.45) is 3.19. The molecule has 3 rings (SSSR count). The largest absolute Gasteiger partial charge is 0.497 e. The molecule has 23 heavy (non-hydrogen) atoms. The predicted molar refractivity (Wildman–Crippen MR) is 91.7 cm³/mol. The fourth-order valence-electron chi connectivity index (χ4n) is 2.71. The van der Waals surface area contributed by atoms with Gasteiger partial charge in [0.2, 0.25) is 5.91 Å². The molecule has 4 nitrogen and oxygen atoms in total. The van der Waals surface area contributed by atoms with Gasteiger partial charge in [-0.05, 0) is 35.7 Å². The normalized spacial score (nSPS) is 10.7. The third-order valence-corrected chi connectivity index (χ3v) is 3.89. The van der Waals surface area contributed by atoms with Crippen LogP contribution in [-0.2, 0) is 17.6 Å². The fourth-order valence-corrected chi connectivity index (χ4v) is 2.71. The molecule has 0 aliphatic carbocycles. The van der Waals surface area contributed by atoms with Gasteiger partial charge in [-0.25, -0.2) is 0 Å². The van der Waals surface area contributed by atoms with E-state index in [-0.39, 0.29) is 5.91 Å². The van der Waals surface area contributed by atoms with Crippen molar-refractivity contribution in [1.82, 2.24) is 10.3 Å². The SMILES string of the molecule is COc1cccc(CC(=O)NCCc2c[nH]c3ccccc23)c1. The van der Waals surface area contributed by atoms with Crippen LogP contribution in [0.5, 0.6) is 5.75 Å². The minimum absolute atomic E-state index is 0.0260. The van der Waals surface area contributed by atoms with Crippen LogP contribution in [0.3, 0.4) is 0 Å². The molecule has 0 aliphatic heterocycles. The molecule has 0 radical (unpaired) electrons. The van der Waals surface area contributed by atoms with Gasteiger partial charge in [-0.1, -0.05) is 30.3 Å². The summed E-state index contributed by atoms with van der Waals surface area (Å²) in [5, 5.41) is 4.20. The first-order valence-corrected chi connectivity index (χ1v) is 7.71. The van der Waals surface area contributed by atoms with Crippen molar-refractivity contribution in [3.63, 3.8) is 0 Å². The molecule has 0 saturated carbocycles. The molecule has 0 unspecified atom stereocenters. The summed E-state index contributed by atoms with van der Waals surface area (Å²) < 4.78 is 5.17. The van der Waals surface area contributed by atoms with Gasteiger partial charge in [0.15, 0.2) is 0 Å². The third-order valence-electron chi connectivity index (χ3n) is 3.89. The summed E-state index contributed by atoms with van der Waals surface area (Å²) in [5.41, 5.74) is 3.31. The molecule has 1 amide bonds. The van der Waals surface area contributed by atoms with E-state index in [2.05, 4.69) is 22.4 Å². The van der Waals surface area contributed by atoms with Gasteiger partial charge >= 0.3 is 0 Å². The molecular formula is C19H20N2O2. The number of hydrogen-bond acceptors (Lipinski definition) is 2. The van der Waals surface area contributed by atoms with Crippen molar-refractivity contribution in [3.05, 3.63) is 65.9 Å². The number of H-pyrrole nitrogens is 1. The smallest absolute Gasteiger partial charge is 0.224 e. The highest BCUT2D eigenvalue weighted by Gasteiger charge is 2.06. The van der Waals surface area contributed by atoms with Crippen LogP contribution < -0.4 is 10.1 Å². The summed E-state index contributed by atoms with van der Waals surface area (Å²) in [4.78, 5) is 15.3. The summed E-state index contributed by atoms with van der Waals surface area (Å²) in [7, 11) is 1.63. The molecular weight excluding hydrogens is 288 g/mol. The van der Waals surface area contributed by atoms with E-state index in [1.807, 2.05) is 42.6 Å². The molecule has 0 bridgehead atoms. The van der Waals surface area contributed by atoms with Crippen LogP contribution in [-0.4, -0.2) is 24.5 Å². The van der Waals surface area contributed by atoms with Crippen molar-refractivity contribution in [2.75, 3.05) is 13.7 Å². The molecule has 0 aliphatic rings. The van der Waals surface area contributed by atoms with Gasteiger partial charge in [-0.15, -0.1) is 0 Å². The Hall–Kier alpha value is -2.75. The summed E-state index contributed by atoms with van der Waals surface area (Å²) >= 11 is 0. The average Bonchev–Trinajstić information content (AvgIpc) is 2.98. The second kappa shape index (κ2) is 7.01. The average molecular weight is 308 g/mol. The zero-order valence-electron chi connectivity index (χ0n) is 13.1. The van der Waals surface area contributed by atoms with E-state index in [4.69, 9.17) is 4.74 Å². The number of methoxy groups -OCH3 is 1. The summed E-state index contributed by atoms with van der Waals surface area (Å²) in [6, 6.07) is 15.8. The van der Waals surface area contributed by atoms with Crippen LogP contribution >= 0.6 is 0 Å². The van der Waals surface area contributed by atoms with E-state index < -0.39 is 0 Å². The minimum Gasteiger partial charge on any atom is -0.497 e. The van der Waals surface area contributed by atoms with Crippen molar-refractivity contribution in [1.29, 1.82) is 0 Å².